The zero-order chi connectivity index (χ0) is 15.2. The van der Waals surface area contributed by atoms with Crippen LogP contribution in [0.15, 0.2) is 30.9 Å². The molecule has 0 amide bonds. The molecule has 2 heteroatoms. The molecule has 21 heavy (non-hydrogen) atoms. The lowest BCUT2D eigenvalue weighted by Crippen LogP contribution is -3.14. The molecule has 1 aromatic carbocycles. The summed E-state index contributed by atoms with van der Waals surface area (Å²) >= 11 is 0. The van der Waals surface area contributed by atoms with Crippen LogP contribution in [0.4, 0.5) is 0 Å². The maximum atomic E-state index is 6.13. The van der Waals surface area contributed by atoms with Crippen LogP contribution in [0.2, 0.25) is 0 Å². The molecule has 2 atom stereocenters. The Bertz CT molecular complexity index is 459. The van der Waals surface area contributed by atoms with Crippen LogP contribution in [0.25, 0.3) is 0 Å². The van der Waals surface area contributed by atoms with E-state index < -0.39 is 0 Å². The van der Waals surface area contributed by atoms with Gasteiger partial charge in [-0.25, -0.2) is 0 Å². The second-order valence-electron chi connectivity index (χ2n) is 6.76. The highest BCUT2D eigenvalue weighted by Crippen LogP contribution is 2.24. The van der Waals surface area contributed by atoms with Gasteiger partial charge in [0.2, 0.25) is 0 Å². The van der Waals surface area contributed by atoms with Crippen LogP contribution in [0.1, 0.15) is 31.4 Å². The first-order valence-corrected chi connectivity index (χ1v) is 8.26. The molecule has 1 aliphatic heterocycles. The molecule has 1 aliphatic rings. The average molecular weight is 288 g/mol. The molecule has 0 spiro atoms. The molecular formula is C19H30NO+. The van der Waals surface area contributed by atoms with Crippen molar-refractivity contribution in [3.63, 3.8) is 0 Å². The molecule has 116 valence electrons. The number of piperidine rings is 1. The van der Waals surface area contributed by atoms with Crippen molar-refractivity contribution in [2.75, 3.05) is 26.2 Å². The van der Waals surface area contributed by atoms with Crippen molar-refractivity contribution in [3.05, 3.63) is 42.0 Å². The Kier molecular flexibility index (Phi) is 5.86. The number of para-hydroxylation sites is 1. The van der Waals surface area contributed by atoms with Crippen LogP contribution in [0, 0.1) is 18.8 Å². The lowest BCUT2D eigenvalue weighted by Gasteiger charge is -2.32. The Morgan fingerprint density at radius 2 is 2.00 bits per heavy atom. The van der Waals surface area contributed by atoms with E-state index in [4.69, 9.17) is 4.74 Å². The van der Waals surface area contributed by atoms with Gasteiger partial charge in [0.25, 0.3) is 0 Å². The van der Waals surface area contributed by atoms with Crippen LogP contribution in [0.3, 0.4) is 0 Å². The molecule has 1 fully saturated rings. The van der Waals surface area contributed by atoms with Gasteiger partial charge < -0.3 is 9.64 Å². The lowest BCUT2D eigenvalue weighted by atomic mass is 9.92. The van der Waals surface area contributed by atoms with Crippen molar-refractivity contribution in [1.29, 1.82) is 0 Å². The molecule has 0 aromatic heterocycles. The number of likely N-dealkylation sites (tertiary alicyclic amines) is 1. The minimum Gasteiger partial charge on any atom is -0.487 e. The Labute approximate surface area is 129 Å². The molecule has 1 N–H and O–H groups in total. The zero-order valence-corrected chi connectivity index (χ0v) is 13.8. The van der Waals surface area contributed by atoms with E-state index in [0.717, 1.165) is 37.2 Å². The number of nitrogens with one attached hydrogen (secondary N) is 1. The van der Waals surface area contributed by atoms with E-state index in [1.807, 2.05) is 6.08 Å². The molecule has 1 aromatic rings. The fourth-order valence-electron chi connectivity index (χ4n) is 3.66. The fraction of sp³-hybridized carbons (Fsp3) is 0.579. The number of rotatable bonds is 6. The fourth-order valence-corrected chi connectivity index (χ4v) is 3.66. The van der Waals surface area contributed by atoms with Crippen molar-refractivity contribution in [1.82, 2.24) is 0 Å². The Balaban J connectivity index is 1.90. The third kappa shape index (κ3) is 4.60. The number of aryl methyl sites for hydroxylation is 1. The van der Waals surface area contributed by atoms with Crippen LogP contribution >= 0.6 is 0 Å². The van der Waals surface area contributed by atoms with E-state index in [0.29, 0.717) is 0 Å². The van der Waals surface area contributed by atoms with E-state index in [-0.39, 0.29) is 0 Å². The maximum absolute atomic E-state index is 6.13. The van der Waals surface area contributed by atoms with Crippen molar-refractivity contribution < 1.29 is 9.64 Å². The molecular weight excluding hydrogens is 258 g/mol. The summed E-state index contributed by atoms with van der Waals surface area (Å²) in [6.07, 6.45) is 4.20. The van der Waals surface area contributed by atoms with E-state index in [1.165, 1.54) is 30.6 Å². The summed E-state index contributed by atoms with van der Waals surface area (Å²) in [4.78, 5) is 1.69. The monoisotopic (exact) mass is 288 g/mol. The highest BCUT2D eigenvalue weighted by molar-refractivity contribution is 5.41. The highest BCUT2D eigenvalue weighted by atomic mass is 16.5. The number of ether oxygens (including phenoxy) is 1. The van der Waals surface area contributed by atoms with Crippen LogP contribution in [-0.2, 0) is 6.42 Å². The number of hydrogen-bond acceptors (Lipinski definition) is 1. The Morgan fingerprint density at radius 1 is 1.29 bits per heavy atom. The number of hydrogen-bond donors (Lipinski definition) is 1. The Hall–Kier alpha value is -1.28. The summed E-state index contributed by atoms with van der Waals surface area (Å²) in [5.41, 5.74) is 2.48. The second-order valence-corrected chi connectivity index (χ2v) is 6.76. The van der Waals surface area contributed by atoms with Crippen molar-refractivity contribution in [3.8, 4) is 5.75 Å². The third-order valence-electron chi connectivity index (χ3n) is 4.44. The maximum Gasteiger partial charge on any atom is 0.137 e. The predicted molar refractivity (Wildman–Crippen MR) is 89.1 cm³/mol. The lowest BCUT2D eigenvalue weighted by molar-refractivity contribution is -0.912. The zero-order valence-electron chi connectivity index (χ0n) is 13.8. The topological polar surface area (TPSA) is 13.7 Å². The highest BCUT2D eigenvalue weighted by Gasteiger charge is 2.24. The van der Waals surface area contributed by atoms with Crippen LogP contribution < -0.4 is 9.64 Å². The summed E-state index contributed by atoms with van der Waals surface area (Å²) in [6, 6.07) is 6.36. The SMILES string of the molecule is C=CCc1cccc(C)c1OCC[NH+]1C[C@H](C)C[C@@H](C)C1. The van der Waals surface area contributed by atoms with Gasteiger partial charge in [-0.2, -0.15) is 0 Å². The van der Waals surface area contributed by atoms with Gasteiger partial charge in [0.05, 0.1) is 13.1 Å². The number of allylic oxidation sites excluding steroid dienone is 1. The van der Waals surface area contributed by atoms with Gasteiger partial charge in [-0.05, 0) is 30.9 Å². The molecule has 2 rings (SSSR count). The first kappa shape index (κ1) is 16.1. The first-order chi connectivity index (χ1) is 10.1. The molecule has 0 bridgehead atoms. The number of benzene rings is 1. The molecule has 1 saturated heterocycles. The molecule has 0 radical (unpaired) electrons. The van der Waals surface area contributed by atoms with Crippen LogP contribution in [0.5, 0.6) is 5.75 Å². The van der Waals surface area contributed by atoms with E-state index in [2.05, 4.69) is 45.5 Å². The quantitative estimate of drug-likeness (QED) is 0.795. The molecule has 0 aliphatic carbocycles. The van der Waals surface area contributed by atoms with Gasteiger partial charge in [0.15, 0.2) is 0 Å². The summed E-state index contributed by atoms with van der Waals surface area (Å²) in [5.74, 6) is 2.76. The van der Waals surface area contributed by atoms with Crippen molar-refractivity contribution in [2.24, 2.45) is 11.8 Å². The van der Waals surface area contributed by atoms with Crippen molar-refractivity contribution >= 4 is 0 Å². The summed E-state index contributed by atoms with van der Waals surface area (Å²) in [7, 11) is 0. The molecule has 0 saturated carbocycles. The van der Waals surface area contributed by atoms with Gasteiger partial charge in [0, 0.05) is 11.8 Å². The minimum atomic E-state index is 0.809. The van der Waals surface area contributed by atoms with Crippen LogP contribution in [-0.4, -0.2) is 26.2 Å². The van der Waals surface area contributed by atoms with Gasteiger partial charge in [-0.15, -0.1) is 6.58 Å². The van der Waals surface area contributed by atoms with Gasteiger partial charge in [-0.3, -0.25) is 0 Å². The van der Waals surface area contributed by atoms with E-state index >= 15 is 0 Å². The summed E-state index contributed by atoms with van der Waals surface area (Å²) < 4.78 is 6.13. The molecule has 2 nitrogen and oxygen atoms in total. The van der Waals surface area contributed by atoms with Gasteiger partial charge in [-0.1, -0.05) is 38.1 Å². The average Bonchev–Trinajstić information content (AvgIpc) is 2.41. The Morgan fingerprint density at radius 3 is 2.67 bits per heavy atom. The third-order valence-corrected chi connectivity index (χ3v) is 4.44. The smallest absolute Gasteiger partial charge is 0.137 e. The first-order valence-electron chi connectivity index (χ1n) is 8.26. The second kappa shape index (κ2) is 7.65. The van der Waals surface area contributed by atoms with Gasteiger partial charge in [0.1, 0.15) is 18.9 Å². The molecule has 1 heterocycles. The summed E-state index contributed by atoms with van der Waals surface area (Å²) in [6.45, 7) is 15.2. The number of quaternary nitrogens is 1. The largest absolute Gasteiger partial charge is 0.487 e. The van der Waals surface area contributed by atoms with Gasteiger partial charge >= 0.3 is 0 Å². The van der Waals surface area contributed by atoms with E-state index in [9.17, 15) is 0 Å². The van der Waals surface area contributed by atoms with Crippen molar-refractivity contribution in [2.45, 2.75) is 33.6 Å². The normalized spacial score (nSPS) is 25.6. The predicted octanol–water partition coefficient (Wildman–Crippen LogP) is 2.66. The molecule has 0 unspecified atom stereocenters. The van der Waals surface area contributed by atoms with E-state index in [1.54, 1.807) is 4.90 Å². The minimum absolute atomic E-state index is 0.809. The summed E-state index contributed by atoms with van der Waals surface area (Å²) in [5, 5.41) is 0. The standard InChI is InChI=1S/C19H29NO/c1-5-7-18-9-6-8-17(4)19(18)21-11-10-20-13-15(2)12-16(3)14-20/h5-6,8-9,15-16H,1,7,10-14H2,2-4H3/p+1/t15-,16-/m1/s1.